The first-order valence-electron chi connectivity index (χ1n) is 27.4. The Morgan fingerprint density at radius 2 is 1.59 bits per heavy atom. The van der Waals surface area contributed by atoms with Crippen molar-refractivity contribution in [3.8, 4) is 10.6 Å². The van der Waals surface area contributed by atoms with E-state index in [0.29, 0.717) is 28.4 Å². The molecule has 0 spiro atoms. The van der Waals surface area contributed by atoms with Gasteiger partial charge in [0.2, 0.25) is 5.91 Å². The maximum Gasteiger partial charge on any atom is 0.434 e. The summed E-state index contributed by atoms with van der Waals surface area (Å²) in [5.41, 5.74) is -3.78. The molecule has 3 fully saturated rings. The number of benzene rings is 2. The highest BCUT2D eigenvalue weighted by molar-refractivity contribution is 7.55. The van der Waals surface area contributed by atoms with Crippen molar-refractivity contribution < 1.29 is 71.1 Å². The number of ketones is 1. The number of fused-ring (bicyclic) bond motifs is 5. The Bertz CT molecular complexity index is 2810. The van der Waals surface area contributed by atoms with Gasteiger partial charge in [0.1, 0.15) is 34.3 Å². The van der Waals surface area contributed by atoms with Gasteiger partial charge in [0, 0.05) is 47.2 Å². The van der Waals surface area contributed by atoms with E-state index in [4.69, 9.17) is 37.6 Å². The number of aliphatic hydroxyl groups is 2. The van der Waals surface area contributed by atoms with Gasteiger partial charge < -0.3 is 43.6 Å². The van der Waals surface area contributed by atoms with Crippen LogP contribution in [0.4, 0.5) is 10.2 Å². The molecule has 1 amide bonds. The highest BCUT2D eigenvalue weighted by atomic mass is 32.1. The third-order valence-corrected chi connectivity index (χ3v) is 17.5. The molecule has 81 heavy (non-hydrogen) atoms. The Morgan fingerprint density at radius 1 is 0.938 bits per heavy atom. The molecule has 5 heterocycles. The van der Waals surface area contributed by atoms with Gasteiger partial charge >= 0.3 is 13.7 Å². The number of esters is 1. The maximum absolute atomic E-state index is 17.1. The molecule has 442 valence electrons. The number of oxime groups is 1. The van der Waals surface area contributed by atoms with Gasteiger partial charge in [0.15, 0.2) is 18.7 Å². The number of aliphatic hydroxyl groups excluding tert-OH is 1. The molecule has 4 aromatic rings. The van der Waals surface area contributed by atoms with Gasteiger partial charge in [-0.3, -0.25) is 28.7 Å². The average molecular weight is 1170 g/mol. The molecule has 0 unspecified atom stereocenters. The number of nitrogens with zero attached hydrogens (tertiary/aromatic N) is 5. The van der Waals surface area contributed by atoms with E-state index < -0.39 is 103 Å². The largest absolute Gasteiger partial charge is 0.457 e. The number of hydrogen-bond donors (Lipinski definition) is 3. The molecule has 2 aromatic carbocycles. The standard InChI is InChI=1S/C58H78FN6O14PS/c1-12-45-58(9,70)52-37(5)48(62-47(66)13-2)35(3)27-56(7,51(38(6)50(68)57(8,59)55(69)78-45)79-54-49(67)44(65(10)11)26-36(4)77-54)73-32-43(31-72-52)63-74-33-42-25-24-41(28-60-42)53-61-46(34-81-53)64-80(71,75-29-39-20-16-14-17-21-39)76-30-40-22-18-15-19-23-40/h14-25,28,34-38,44-45,49,51-52,54,67,70H,12-13,26-27,29-33H2,1-11H3,(H,64,71)/b62-48?,63-43+/t35-,36-,37+,38+,44+,45-,49-,51-,52-,54+,56-,57+,58-/m1/s1. The minimum atomic E-state index is -3.94. The fourth-order valence-electron chi connectivity index (χ4n) is 10.6. The molecular formula is C58H78FN6O14PS. The van der Waals surface area contributed by atoms with Crippen LogP contribution in [0.25, 0.3) is 10.6 Å². The number of cyclic esters (lactones) is 1. The fourth-order valence-corrected chi connectivity index (χ4v) is 12.7. The van der Waals surface area contributed by atoms with Gasteiger partial charge in [-0.05, 0) is 90.2 Å². The van der Waals surface area contributed by atoms with Crippen molar-refractivity contribution in [3.05, 3.63) is 101 Å². The molecule has 3 N–H and O–H groups in total. The second-order valence-corrected chi connectivity index (χ2v) is 24.6. The normalized spacial score (nSPS) is 31.9. The van der Waals surface area contributed by atoms with E-state index in [-0.39, 0.29) is 63.8 Å². The van der Waals surface area contributed by atoms with Crippen LogP contribution in [-0.2, 0) is 76.3 Å². The number of halogens is 1. The zero-order valence-corrected chi connectivity index (χ0v) is 49.7. The van der Waals surface area contributed by atoms with Gasteiger partial charge in [-0.25, -0.2) is 23.7 Å². The van der Waals surface area contributed by atoms with Crippen LogP contribution < -0.4 is 5.09 Å². The number of carbonyl (C=O) groups excluding carboxylic acids is 3. The number of aliphatic imine (C=N–C) groups is 1. The molecule has 2 aromatic heterocycles. The first kappa shape index (κ1) is 63.4. The number of amides is 1. The van der Waals surface area contributed by atoms with E-state index in [1.54, 1.807) is 51.4 Å². The van der Waals surface area contributed by atoms with Crippen LogP contribution in [-0.4, -0.2) is 141 Å². The van der Waals surface area contributed by atoms with E-state index in [1.165, 1.54) is 25.2 Å². The minimum absolute atomic E-state index is 0.0319. The number of pyridine rings is 1. The highest BCUT2D eigenvalue weighted by Gasteiger charge is 2.57. The number of aromatic nitrogens is 2. The molecule has 23 heteroatoms. The SMILES string of the molecule is CCC(=O)N=C1[C@H](C)C[C@@]2(C)OC/C(=N/OCc3ccc(-c4nc(NP(=O)(OCc5ccccc5)OCc5ccccc5)cs4)cn3)CO[C@H]([C@H]1C)[C@](C)(O)[C@@H](CC)OC(=O)[C@@](C)(F)C(=O)[C@H](C)[C@H]2O[C@@H]1O[C@H](C)C[C@H](N(C)C)[C@H]1O. The van der Waals surface area contributed by atoms with Crippen molar-refractivity contribution in [2.45, 2.75) is 168 Å². The van der Waals surface area contributed by atoms with Crippen LogP contribution in [0.2, 0.25) is 0 Å². The van der Waals surface area contributed by atoms with Crippen molar-refractivity contribution in [2.75, 3.05) is 32.4 Å². The smallest absolute Gasteiger partial charge is 0.434 e. The predicted molar refractivity (Wildman–Crippen MR) is 303 cm³/mol. The third kappa shape index (κ3) is 15.7. The number of rotatable bonds is 17. The summed E-state index contributed by atoms with van der Waals surface area (Å²) in [6, 6.07) is 21.8. The van der Waals surface area contributed by atoms with Crippen molar-refractivity contribution >= 4 is 54.0 Å². The van der Waals surface area contributed by atoms with Crippen LogP contribution in [0, 0.1) is 17.8 Å². The number of nitrogens with one attached hydrogen (secondary N) is 1. The lowest BCUT2D eigenvalue weighted by molar-refractivity contribution is -0.296. The van der Waals surface area contributed by atoms with Gasteiger partial charge in [-0.1, -0.05) is 100 Å². The molecule has 13 atom stereocenters. The number of ether oxygens (including phenoxy) is 5. The van der Waals surface area contributed by atoms with Crippen LogP contribution in [0.3, 0.4) is 0 Å². The zero-order chi connectivity index (χ0) is 58.9. The van der Waals surface area contributed by atoms with Gasteiger partial charge in [-0.15, -0.1) is 11.3 Å². The van der Waals surface area contributed by atoms with Crippen molar-refractivity contribution in [2.24, 2.45) is 27.9 Å². The molecular weight excluding hydrogens is 1090 g/mol. The number of alkyl halides is 1. The maximum atomic E-state index is 17.1. The Hall–Kier alpha value is -5.23. The summed E-state index contributed by atoms with van der Waals surface area (Å²) in [7, 11) is -0.318. The molecule has 20 nitrogen and oxygen atoms in total. The topological polar surface area (TPSA) is 248 Å². The number of thiazole rings is 1. The average Bonchev–Trinajstić information content (AvgIpc) is 3.91. The Balaban J connectivity index is 1.19. The van der Waals surface area contributed by atoms with Gasteiger partial charge in [-0.2, -0.15) is 0 Å². The van der Waals surface area contributed by atoms with E-state index >= 15 is 4.39 Å². The minimum Gasteiger partial charge on any atom is -0.457 e. The third-order valence-electron chi connectivity index (χ3n) is 15.1. The highest BCUT2D eigenvalue weighted by Crippen LogP contribution is 2.50. The zero-order valence-electron chi connectivity index (χ0n) is 48.0. The lowest BCUT2D eigenvalue weighted by Crippen LogP contribution is -2.61. The van der Waals surface area contributed by atoms with E-state index in [0.717, 1.165) is 18.1 Å². The molecule has 0 saturated carbocycles. The summed E-state index contributed by atoms with van der Waals surface area (Å²) in [6.45, 7) is 13.2. The van der Waals surface area contributed by atoms with Crippen LogP contribution in [0.15, 0.2) is 94.5 Å². The van der Waals surface area contributed by atoms with Gasteiger partial charge in [0.25, 0.3) is 5.67 Å². The van der Waals surface area contributed by atoms with Crippen molar-refractivity contribution in [1.82, 2.24) is 14.9 Å². The van der Waals surface area contributed by atoms with Crippen molar-refractivity contribution in [1.29, 1.82) is 0 Å². The van der Waals surface area contributed by atoms with E-state index in [2.05, 4.69) is 25.2 Å². The molecule has 3 aliphatic rings. The Labute approximate surface area is 477 Å². The molecule has 7 rings (SSSR count). The number of likely N-dealkylation sites (N-methyl/N-ethyl adjacent to an activating group) is 1. The van der Waals surface area contributed by atoms with Gasteiger partial charge in [0.05, 0.1) is 56.0 Å². The quantitative estimate of drug-likeness (QED) is 0.0386. The molecule has 0 aliphatic carbocycles. The molecule has 3 saturated heterocycles. The fraction of sp³-hybridized carbons (Fsp3) is 0.569. The summed E-state index contributed by atoms with van der Waals surface area (Å²) in [4.78, 5) is 63.7. The van der Waals surface area contributed by atoms with Crippen LogP contribution in [0.5, 0.6) is 0 Å². The molecule has 3 aliphatic heterocycles. The summed E-state index contributed by atoms with van der Waals surface area (Å²) in [5, 5.41) is 34.0. The number of carbonyl (C=O) groups is 3. The second-order valence-electron chi connectivity index (χ2n) is 22.0. The number of anilines is 1. The van der Waals surface area contributed by atoms with E-state index in [9.17, 15) is 29.2 Å². The second kappa shape index (κ2) is 27.4. The summed E-state index contributed by atoms with van der Waals surface area (Å²) >= 11 is 1.29. The predicted octanol–water partition coefficient (Wildman–Crippen LogP) is 9.08. The van der Waals surface area contributed by atoms with Crippen molar-refractivity contribution in [3.63, 3.8) is 0 Å². The number of hydrogen-bond acceptors (Lipinski definition) is 19. The first-order chi connectivity index (χ1) is 38.4. The summed E-state index contributed by atoms with van der Waals surface area (Å²) < 4.78 is 75.3. The summed E-state index contributed by atoms with van der Waals surface area (Å²) in [5.74, 6) is -5.94. The Morgan fingerprint density at radius 3 is 2.19 bits per heavy atom. The van der Waals surface area contributed by atoms with E-state index in [1.807, 2.05) is 93.5 Å². The van der Waals surface area contributed by atoms with Crippen LogP contribution >= 0.6 is 19.1 Å². The Kier molecular flexibility index (Phi) is 21.5. The molecule has 2 bridgehead atoms. The lowest BCUT2D eigenvalue weighted by Gasteiger charge is -2.47. The lowest BCUT2D eigenvalue weighted by atomic mass is 9.73. The monoisotopic (exact) mass is 1160 g/mol. The number of Topliss-reactive ketones (excluding diaryl/α,β-unsaturated/α-hetero) is 1. The molecule has 0 radical (unpaired) electrons. The summed E-state index contributed by atoms with van der Waals surface area (Å²) in [6.07, 6.45) is -5.17. The first-order valence-corrected chi connectivity index (χ1v) is 29.8. The van der Waals surface area contributed by atoms with Crippen LogP contribution in [0.1, 0.15) is 105 Å².